The van der Waals surface area contributed by atoms with Gasteiger partial charge < -0.3 is 10.1 Å². The van der Waals surface area contributed by atoms with E-state index in [0.717, 1.165) is 37.0 Å². The standard InChI is InChI=1S/C21H28ClN3O2S/c1-15-9-11-25(12-10-15)14-19-16(2)23-21(28-19)24-20(26)4-3-13-27-18-7-5-17(22)6-8-18/h5-8,15H,3-4,9-14H2,1-2H3,(H,23,24,26). The summed E-state index contributed by atoms with van der Waals surface area (Å²) in [6.45, 7) is 8.06. The SMILES string of the molecule is Cc1nc(NC(=O)CCCOc2ccc(Cl)cc2)sc1CN1CCC(C)CC1. The second kappa shape index (κ2) is 10.2. The van der Waals surface area contributed by atoms with E-state index in [9.17, 15) is 4.79 Å². The quantitative estimate of drug-likeness (QED) is 0.600. The summed E-state index contributed by atoms with van der Waals surface area (Å²) in [7, 11) is 0. The Morgan fingerprint density at radius 2 is 2.04 bits per heavy atom. The number of aryl methyl sites for hydroxylation is 1. The summed E-state index contributed by atoms with van der Waals surface area (Å²) < 4.78 is 5.62. The maximum absolute atomic E-state index is 12.2. The van der Waals surface area contributed by atoms with Crippen molar-refractivity contribution >= 4 is 34.0 Å². The van der Waals surface area contributed by atoms with E-state index >= 15 is 0 Å². The van der Waals surface area contributed by atoms with Crippen molar-refractivity contribution in [3.05, 3.63) is 39.9 Å². The number of anilines is 1. The Balaban J connectivity index is 1.39. The Hall–Kier alpha value is -1.63. The maximum atomic E-state index is 12.2. The highest BCUT2D eigenvalue weighted by Gasteiger charge is 2.18. The van der Waals surface area contributed by atoms with Gasteiger partial charge in [0, 0.05) is 22.9 Å². The van der Waals surface area contributed by atoms with Crippen molar-refractivity contribution in [1.29, 1.82) is 0 Å². The summed E-state index contributed by atoms with van der Waals surface area (Å²) in [6.07, 6.45) is 3.59. The molecule has 0 unspecified atom stereocenters. The first-order chi connectivity index (χ1) is 13.5. The number of hydrogen-bond donors (Lipinski definition) is 1. The minimum atomic E-state index is -0.0215. The van der Waals surface area contributed by atoms with Gasteiger partial charge in [-0.25, -0.2) is 4.98 Å². The number of nitrogens with one attached hydrogen (secondary N) is 1. The summed E-state index contributed by atoms with van der Waals surface area (Å²) >= 11 is 7.44. The molecule has 28 heavy (non-hydrogen) atoms. The van der Waals surface area contributed by atoms with Gasteiger partial charge in [-0.1, -0.05) is 18.5 Å². The van der Waals surface area contributed by atoms with Crippen molar-refractivity contribution in [1.82, 2.24) is 9.88 Å². The van der Waals surface area contributed by atoms with Crippen molar-refractivity contribution in [2.75, 3.05) is 25.0 Å². The van der Waals surface area contributed by atoms with Gasteiger partial charge >= 0.3 is 0 Å². The summed E-state index contributed by atoms with van der Waals surface area (Å²) in [5.41, 5.74) is 1.02. The van der Waals surface area contributed by atoms with Crippen LogP contribution in [0.2, 0.25) is 5.02 Å². The number of nitrogens with zero attached hydrogens (tertiary/aromatic N) is 2. The van der Waals surface area contributed by atoms with Crippen LogP contribution in [0, 0.1) is 12.8 Å². The van der Waals surface area contributed by atoms with E-state index in [1.165, 1.54) is 17.7 Å². The third-order valence-electron chi connectivity index (χ3n) is 5.01. The number of likely N-dealkylation sites (tertiary alicyclic amines) is 1. The summed E-state index contributed by atoms with van der Waals surface area (Å²) in [6, 6.07) is 7.23. The highest BCUT2D eigenvalue weighted by molar-refractivity contribution is 7.15. The van der Waals surface area contributed by atoms with Crippen LogP contribution < -0.4 is 10.1 Å². The Labute approximate surface area is 176 Å². The van der Waals surface area contributed by atoms with Gasteiger partial charge in [0.25, 0.3) is 0 Å². The van der Waals surface area contributed by atoms with E-state index in [-0.39, 0.29) is 5.91 Å². The highest BCUT2D eigenvalue weighted by atomic mass is 35.5. The number of carbonyl (C=O) groups excluding carboxylic acids is 1. The number of rotatable bonds is 8. The lowest BCUT2D eigenvalue weighted by Crippen LogP contribution is -2.32. The van der Waals surface area contributed by atoms with Crippen molar-refractivity contribution < 1.29 is 9.53 Å². The lowest BCUT2D eigenvalue weighted by atomic mass is 9.99. The molecule has 152 valence electrons. The molecule has 0 atom stereocenters. The minimum absolute atomic E-state index is 0.0215. The van der Waals surface area contributed by atoms with Crippen LogP contribution in [0.5, 0.6) is 5.75 Å². The first-order valence-electron chi connectivity index (χ1n) is 9.86. The molecule has 0 spiro atoms. The molecule has 0 aliphatic carbocycles. The predicted octanol–water partition coefficient (Wildman–Crippen LogP) is 5.13. The van der Waals surface area contributed by atoms with Crippen LogP contribution in [0.25, 0.3) is 0 Å². The summed E-state index contributed by atoms with van der Waals surface area (Å²) in [5, 5.41) is 4.31. The number of piperidine rings is 1. The molecule has 3 rings (SSSR count). The maximum Gasteiger partial charge on any atom is 0.226 e. The molecule has 0 radical (unpaired) electrons. The molecule has 1 N–H and O–H groups in total. The predicted molar refractivity (Wildman–Crippen MR) is 115 cm³/mol. The second-order valence-corrected chi connectivity index (χ2v) is 8.96. The fourth-order valence-corrected chi connectivity index (χ4v) is 4.33. The number of carbonyl (C=O) groups is 1. The molecule has 7 heteroatoms. The van der Waals surface area contributed by atoms with E-state index in [1.54, 1.807) is 23.5 Å². The zero-order valence-corrected chi connectivity index (χ0v) is 18.1. The number of amides is 1. The molecule has 1 aliphatic heterocycles. The minimum Gasteiger partial charge on any atom is -0.494 e. The topological polar surface area (TPSA) is 54.5 Å². The Morgan fingerprint density at radius 1 is 1.32 bits per heavy atom. The highest BCUT2D eigenvalue weighted by Crippen LogP contribution is 2.26. The van der Waals surface area contributed by atoms with Crippen molar-refractivity contribution in [3.8, 4) is 5.75 Å². The summed E-state index contributed by atoms with van der Waals surface area (Å²) in [5.74, 6) is 1.57. The monoisotopic (exact) mass is 421 g/mol. The molecule has 1 saturated heterocycles. The number of aromatic nitrogens is 1. The Bertz CT molecular complexity index is 770. The van der Waals surface area contributed by atoms with Gasteiger partial charge in [-0.15, -0.1) is 11.3 Å². The van der Waals surface area contributed by atoms with Gasteiger partial charge in [-0.3, -0.25) is 9.69 Å². The average molecular weight is 422 g/mol. The molecule has 1 fully saturated rings. The number of halogens is 1. The van der Waals surface area contributed by atoms with Crippen molar-refractivity contribution in [3.63, 3.8) is 0 Å². The normalized spacial score (nSPS) is 15.5. The molecule has 0 bridgehead atoms. The van der Waals surface area contributed by atoms with E-state index in [0.29, 0.717) is 29.6 Å². The van der Waals surface area contributed by atoms with E-state index in [2.05, 4.69) is 22.1 Å². The number of hydrogen-bond acceptors (Lipinski definition) is 5. The molecule has 1 aromatic heterocycles. The first kappa shape index (κ1) is 21.1. The molecule has 0 saturated carbocycles. The first-order valence-corrected chi connectivity index (χ1v) is 11.1. The van der Waals surface area contributed by atoms with E-state index in [4.69, 9.17) is 16.3 Å². The molecule has 5 nitrogen and oxygen atoms in total. The molecular formula is C21H28ClN3O2S. The van der Waals surface area contributed by atoms with Crippen LogP contribution in [0.15, 0.2) is 24.3 Å². The number of benzene rings is 1. The van der Waals surface area contributed by atoms with Crippen LogP contribution in [-0.4, -0.2) is 35.5 Å². The molecule has 1 aliphatic rings. The third kappa shape index (κ3) is 6.47. The fraction of sp³-hybridized carbons (Fsp3) is 0.524. The van der Waals surface area contributed by atoms with Gasteiger partial charge in [0.2, 0.25) is 5.91 Å². The molecule has 2 heterocycles. The van der Waals surface area contributed by atoms with Gasteiger partial charge in [-0.2, -0.15) is 0 Å². The number of ether oxygens (including phenoxy) is 1. The van der Waals surface area contributed by atoms with Gasteiger partial charge in [-0.05, 0) is 69.5 Å². The second-order valence-electron chi connectivity index (χ2n) is 7.44. The van der Waals surface area contributed by atoms with Gasteiger partial charge in [0.1, 0.15) is 5.75 Å². The van der Waals surface area contributed by atoms with E-state index < -0.39 is 0 Å². The zero-order valence-electron chi connectivity index (χ0n) is 16.5. The smallest absolute Gasteiger partial charge is 0.226 e. The Kier molecular flexibility index (Phi) is 7.71. The molecular weight excluding hydrogens is 394 g/mol. The lowest BCUT2D eigenvalue weighted by molar-refractivity contribution is -0.116. The summed E-state index contributed by atoms with van der Waals surface area (Å²) in [4.78, 5) is 20.5. The van der Waals surface area contributed by atoms with Crippen LogP contribution in [-0.2, 0) is 11.3 Å². The largest absolute Gasteiger partial charge is 0.494 e. The molecule has 1 aromatic carbocycles. The van der Waals surface area contributed by atoms with Crippen LogP contribution >= 0.6 is 22.9 Å². The van der Waals surface area contributed by atoms with E-state index in [1.807, 2.05) is 19.1 Å². The van der Waals surface area contributed by atoms with Gasteiger partial charge in [0.15, 0.2) is 5.13 Å². The lowest BCUT2D eigenvalue weighted by Gasteiger charge is -2.29. The van der Waals surface area contributed by atoms with Crippen LogP contribution in [0.1, 0.15) is 43.2 Å². The Morgan fingerprint density at radius 3 is 2.75 bits per heavy atom. The van der Waals surface area contributed by atoms with Crippen LogP contribution in [0.4, 0.5) is 5.13 Å². The van der Waals surface area contributed by atoms with Crippen molar-refractivity contribution in [2.45, 2.75) is 46.1 Å². The third-order valence-corrected chi connectivity index (χ3v) is 6.32. The molecule has 2 aromatic rings. The van der Waals surface area contributed by atoms with Crippen LogP contribution in [0.3, 0.4) is 0 Å². The fourth-order valence-electron chi connectivity index (χ4n) is 3.19. The number of thiazole rings is 1. The molecule has 1 amide bonds. The average Bonchev–Trinajstić information content (AvgIpc) is 3.01. The van der Waals surface area contributed by atoms with Crippen molar-refractivity contribution in [2.24, 2.45) is 5.92 Å². The zero-order chi connectivity index (χ0) is 19.9. The van der Waals surface area contributed by atoms with Gasteiger partial charge in [0.05, 0.1) is 12.3 Å².